The number of hydrogen-bond acceptors (Lipinski definition) is 6. The number of hydrogen-bond donors (Lipinski definition) is 2. The fraction of sp³-hybridized carbons (Fsp3) is 0.538. The van der Waals surface area contributed by atoms with Crippen molar-refractivity contribution in [3.63, 3.8) is 0 Å². The Balaban J connectivity index is 1.48. The van der Waals surface area contributed by atoms with Crippen LogP contribution in [0, 0.1) is 0 Å². The van der Waals surface area contributed by atoms with Crippen LogP contribution < -0.4 is 20.1 Å². The minimum Gasteiger partial charge on any atom is -0.493 e. The summed E-state index contributed by atoms with van der Waals surface area (Å²) in [7, 11) is 1.56. The number of methoxy groups -OCH3 is 1. The topological polar surface area (TPSA) is 115 Å². The quantitative estimate of drug-likeness (QED) is 0.550. The second kappa shape index (κ2) is 10.6. The maximum atomic E-state index is 13.3. The zero-order valence-electron chi connectivity index (χ0n) is 21.4. The number of carbonyl (C=O) groups is 3. The normalized spacial score (nSPS) is 19.7. The van der Waals surface area contributed by atoms with Crippen molar-refractivity contribution in [2.45, 2.75) is 71.1 Å². The molecule has 1 atom stereocenters. The number of likely N-dealkylation sites (N-methyl/N-ethyl adjacent to an activating group) is 1. The van der Waals surface area contributed by atoms with Gasteiger partial charge in [-0.1, -0.05) is 18.9 Å². The first-order valence-corrected chi connectivity index (χ1v) is 12.6. The number of nitrogens with one attached hydrogen (secondary N) is 2. The highest BCUT2D eigenvalue weighted by atomic mass is 16.5. The molecule has 2 N–H and O–H groups in total. The van der Waals surface area contributed by atoms with Crippen molar-refractivity contribution in [1.82, 2.24) is 25.3 Å². The van der Waals surface area contributed by atoms with Gasteiger partial charge in [0.05, 0.1) is 20.3 Å². The highest BCUT2D eigenvalue weighted by molar-refractivity contribution is 6.01. The van der Waals surface area contributed by atoms with Crippen LogP contribution in [0.4, 0.5) is 0 Å². The fourth-order valence-corrected chi connectivity index (χ4v) is 5.03. The largest absolute Gasteiger partial charge is 0.493 e. The maximum absolute atomic E-state index is 13.3. The zero-order valence-corrected chi connectivity index (χ0v) is 21.4. The summed E-state index contributed by atoms with van der Waals surface area (Å²) in [5.41, 5.74) is 0.181. The first kappa shape index (κ1) is 25.5. The van der Waals surface area contributed by atoms with Crippen molar-refractivity contribution in [3.8, 4) is 11.5 Å². The van der Waals surface area contributed by atoms with Crippen LogP contribution >= 0.6 is 0 Å². The minimum atomic E-state index is -1.08. The Morgan fingerprint density at radius 1 is 1.17 bits per heavy atom. The van der Waals surface area contributed by atoms with Crippen LogP contribution in [-0.4, -0.2) is 64.2 Å². The Labute approximate surface area is 211 Å². The molecule has 1 aliphatic carbocycles. The summed E-state index contributed by atoms with van der Waals surface area (Å²) in [5.74, 6) is 0.326. The summed E-state index contributed by atoms with van der Waals surface area (Å²) in [6, 6.07) is 7.09. The number of fused-ring (bicyclic) bond motifs is 1. The van der Waals surface area contributed by atoms with Crippen LogP contribution in [0.1, 0.15) is 73.0 Å². The predicted octanol–water partition coefficient (Wildman–Crippen LogP) is 2.51. The maximum Gasteiger partial charge on any atom is 0.273 e. The summed E-state index contributed by atoms with van der Waals surface area (Å²) in [6.07, 6.45) is 4.12. The van der Waals surface area contributed by atoms with Crippen LogP contribution in [0.25, 0.3) is 0 Å². The van der Waals surface area contributed by atoms with Crippen molar-refractivity contribution in [2.75, 3.05) is 20.3 Å². The Hall–Kier alpha value is -3.56. The monoisotopic (exact) mass is 497 g/mol. The molecule has 0 saturated heterocycles. The molecule has 1 saturated carbocycles. The molecule has 1 fully saturated rings. The number of amides is 3. The van der Waals surface area contributed by atoms with E-state index in [-0.39, 0.29) is 36.6 Å². The zero-order chi connectivity index (χ0) is 25.9. The van der Waals surface area contributed by atoms with Crippen LogP contribution in [0.15, 0.2) is 24.3 Å². The van der Waals surface area contributed by atoms with E-state index >= 15 is 0 Å². The first-order valence-electron chi connectivity index (χ1n) is 12.6. The number of nitrogens with zero attached hydrogens (tertiary/aromatic N) is 3. The molecular weight excluding hydrogens is 462 g/mol. The first-order chi connectivity index (χ1) is 17.3. The molecular formula is C26H35N5O5. The van der Waals surface area contributed by atoms with Gasteiger partial charge in [0, 0.05) is 25.2 Å². The summed E-state index contributed by atoms with van der Waals surface area (Å²) < 4.78 is 12.4. The van der Waals surface area contributed by atoms with E-state index < -0.39 is 11.4 Å². The van der Waals surface area contributed by atoms with Crippen molar-refractivity contribution in [1.29, 1.82) is 0 Å². The molecule has 2 aromatic rings. The molecule has 0 spiro atoms. The van der Waals surface area contributed by atoms with Crippen LogP contribution in [0.3, 0.4) is 0 Å². The molecule has 36 heavy (non-hydrogen) atoms. The van der Waals surface area contributed by atoms with E-state index in [1.165, 1.54) is 10.7 Å². The summed E-state index contributed by atoms with van der Waals surface area (Å²) in [5, 5.41) is 10.4. The van der Waals surface area contributed by atoms with Gasteiger partial charge < -0.3 is 25.0 Å². The smallest absolute Gasteiger partial charge is 0.273 e. The molecule has 0 unspecified atom stereocenters. The van der Waals surface area contributed by atoms with Gasteiger partial charge in [-0.3, -0.25) is 19.1 Å². The Morgan fingerprint density at radius 2 is 1.92 bits per heavy atom. The van der Waals surface area contributed by atoms with Gasteiger partial charge in [0.15, 0.2) is 17.2 Å². The molecule has 1 aliphatic heterocycles. The lowest BCUT2D eigenvalue weighted by Crippen LogP contribution is -2.64. The summed E-state index contributed by atoms with van der Waals surface area (Å²) in [4.78, 5) is 41.0. The average molecular weight is 498 g/mol. The minimum absolute atomic E-state index is 0.132. The van der Waals surface area contributed by atoms with E-state index in [0.717, 1.165) is 31.2 Å². The molecule has 2 aliphatic rings. The molecule has 0 bridgehead atoms. The van der Waals surface area contributed by atoms with Gasteiger partial charge in [-0.15, -0.1) is 0 Å². The molecule has 10 heteroatoms. The third-order valence-corrected chi connectivity index (χ3v) is 7.01. The Morgan fingerprint density at radius 3 is 2.58 bits per heavy atom. The highest BCUT2D eigenvalue weighted by Crippen LogP contribution is 2.29. The molecule has 4 rings (SSSR count). The Kier molecular flexibility index (Phi) is 7.51. The van der Waals surface area contributed by atoms with Crippen molar-refractivity contribution in [3.05, 3.63) is 41.2 Å². The van der Waals surface area contributed by atoms with E-state index in [1.54, 1.807) is 31.1 Å². The van der Waals surface area contributed by atoms with E-state index in [0.29, 0.717) is 30.3 Å². The van der Waals surface area contributed by atoms with E-state index in [9.17, 15) is 14.4 Å². The van der Waals surface area contributed by atoms with E-state index in [1.807, 2.05) is 19.9 Å². The van der Waals surface area contributed by atoms with E-state index in [4.69, 9.17) is 9.47 Å². The third-order valence-electron chi connectivity index (χ3n) is 7.01. The summed E-state index contributed by atoms with van der Waals surface area (Å²) >= 11 is 0. The number of carbonyl (C=O) groups excluding carboxylic acids is 3. The van der Waals surface area contributed by atoms with Crippen LogP contribution in [0.2, 0.25) is 0 Å². The second-order valence-electron chi connectivity index (χ2n) is 9.45. The second-order valence-corrected chi connectivity index (χ2v) is 9.45. The SMILES string of the molecule is CCOc1ccc(CNC(=O)c2cc3n(n2)C[C@](C)(C(=O)NC2CCCC2)N(CC)C3=O)cc1OC. The molecule has 1 aromatic heterocycles. The van der Waals surface area contributed by atoms with Crippen LogP contribution in [-0.2, 0) is 17.9 Å². The molecule has 3 amide bonds. The van der Waals surface area contributed by atoms with Gasteiger partial charge in [-0.25, -0.2) is 0 Å². The predicted molar refractivity (Wildman–Crippen MR) is 133 cm³/mol. The van der Waals surface area contributed by atoms with Crippen LogP contribution in [0.5, 0.6) is 11.5 Å². The highest BCUT2D eigenvalue weighted by Gasteiger charge is 2.48. The van der Waals surface area contributed by atoms with Gasteiger partial charge in [0.25, 0.3) is 11.8 Å². The van der Waals surface area contributed by atoms with Crippen molar-refractivity contribution in [2.24, 2.45) is 0 Å². The number of benzene rings is 1. The lowest BCUT2D eigenvalue weighted by atomic mass is 9.94. The lowest BCUT2D eigenvalue weighted by molar-refractivity contribution is -0.133. The standard InChI is InChI=1S/C26H35N5O5/c1-5-30-24(33)20-14-19(23(32)27-15-17-11-12-21(36-6-2)22(13-17)35-4)29-31(20)16-26(30,3)25(34)28-18-9-7-8-10-18/h11-14,18H,5-10,15-16H2,1-4H3,(H,27,32)(H,28,34)/t26-/m1/s1. The lowest BCUT2D eigenvalue weighted by Gasteiger charge is -2.43. The van der Waals surface area contributed by atoms with Gasteiger partial charge in [0.1, 0.15) is 11.2 Å². The van der Waals surface area contributed by atoms with Gasteiger partial charge in [0.2, 0.25) is 5.91 Å². The number of rotatable bonds is 9. The molecule has 0 radical (unpaired) electrons. The average Bonchev–Trinajstić information content (AvgIpc) is 3.53. The molecule has 10 nitrogen and oxygen atoms in total. The Bertz CT molecular complexity index is 1140. The van der Waals surface area contributed by atoms with E-state index in [2.05, 4.69) is 15.7 Å². The molecule has 1 aromatic carbocycles. The third kappa shape index (κ3) is 4.89. The number of ether oxygens (including phenoxy) is 2. The van der Waals surface area contributed by atoms with Gasteiger partial charge in [-0.2, -0.15) is 5.10 Å². The van der Waals surface area contributed by atoms with Gasteiger partial charge >= 0.3 is 0 Å². The van der Waals surface area contributed by atoms with Crippen molar-refractivity contribution >= 4 is 17.7 Å². The van der Waals surface area contributed by atoms with Gasteiger partial charge in [-0.05, 0) is 51.3 Å². The number of aromatic nitrogens is 2. The molecule has 2 heterocycles. The fourth-order valence-electron chi connectivity index (χ4n) is 5.03. The summed E-state index contributed by atoms with van der Waals surface area (Å²) in [6.45, 7) is 6.84. The van der Waals surface area contributed by atoms with Crippen molar-refractivity contribution < 1.29 is 23.9 Å². The molecule has 194 valence electrons.